The topological polar surface area (TPSA) is 0 Å². The van der Waals surface area contributed by atoms with Crippen LogP contribution in [-0.2, 0) is 0 Å². The van der Waals surface area contributed by atoms with Crippen LogP contribution in [0, 0.1) is 17.3 Å². The van der Waals surface area contributed by atoms with Crippen LogP contribution in [0.1, 0.15) is 60.8 Å². The molecule has 0 spiro atoms. The molecule has 1 rings (SSSR count). The Morgan fingerprint density at radius 3 is 1.92 bits per heavy atom. The summed E-state index contributed by atoms with van der Waals surface area (Å²) >= 11 is 0. The van der Waals surface area contributed by atoms with Crippen LogP contribution < -0.4 is 0 Å². The number of hydrogen-bond acceptors (Lipinski definition) is 0. The van der Waals surface area contributed by atoms with Crippen molar-refractivity contribution in [2.45, 2.75) is 60.8 Å². The molecule has 1 fully saturated rings. The average Bonchev–Trinajstić information content (AvgIpc) is 2.03. The molecule has 12 heavy (non-hydrogen) atoms. The molecule has 0 aromatic rings. The molecule has 0 N–H and O–H groups in total. The molecule has 0 aliphatic heterocycles. The van der Waals surface area contributed by atoms with Gasteiger partial charge in [0.25, 0.3) is 0 Å². The van der Waals surface area contributed by atoms with Gasteiger partial charge in [0.15, 0.2) is 0 Å². The van der Waals surface area contributed by atoms with E-state index in [0.717, 1.165) is 11.8 Å². The van der Waals surface area contributed by atoms with Gasteiger partial charge in [-0.3, -0.25) is 0 Å². The summed E-state index contributed by atoms with van der Waals surface area (Å²) in [7, 11) is 0. The van der Waals surface area contributed by atoms with Crippen molar-refractivity contribution in [3.05, 3.63) is 0 Å². The maximum atomic E-state index is 2.41. The van der Waals surface area contributed by atoms with E-state index in [1.807, 2.05) is 13.8 Å². The lowest BCUT2D eigenvalue weighted by Crippen LogP contribution is -2.28. The van der Waals surface area contributed by atoms with Crippen molar-refractivity contribution in [3.63, 3.8) is 0 Å². The van der Waals surface area contributed by atoms with Gasteiger partial charge >= 0.3 is 0 Å². The largest absolute Gasteiger partial charge is 0.0683 e. The maximum absolute atomic E-state index is 2.41. The van der Waals surface area contributed by atoms with Crippen LogP contribution in [0.25, 0.3) is 0 Å². The number of hydrogen-bond donors (Lipinski definition) is 0. The summed E-state index contributed by atoms with van der Waals surface area (Å²) in [5.41, 5.74) is 0.618. The second-order valence-corrected chi connectivity index (χ2v) is 4.77. The van der Waals surface area contributed by atoms with Crippen LogP contribution in [0.2, 0.25) is 0 Å². The molecule has 0 radical (unpaired) electrons. The van der Waals surface area contributed by atoms with Gasteiger partial charge in [0, 0.05) is 0 Å². The second-order valence-electron chi connectivity index (χ2n) is 4.77. The Kier molecular flexibility index (Phi) is 4.89. The lowest BCUT2D eigenvalue weighted by molar-refractivity contribution is 0.119. The van der Waals surface area contributed by atoms with Gasteiger partial charge in [-0.1, -0.05) is 48.0 Å². The fourth-order valence-corrected chi connectivity index (χ4v) is 1.91. The predicted octanol–water partition coefficient (Wildman–Crippen LogP) is 4.49. The molecule has 0 aromatic heterocycles. The molecule has 0 heteroatoms. The molecule has 2 unspecified atom stereocenters. The maximum Gasteiger partial charge on any atom is -0.0328 e. The molecule has 1 aliphatic carbocycles. The predicted molar refractivity (Wildman–Crippen MR) is 57.3 cm³/mol. The van der Waals surface area contributed by atoms with E-state index in [1.54, 1.807) is 0 Å². The molecule has 0 bridgehead atoms. The Morgan fingerprint density at radius 1 is 1.08 bits per heavy atom. The van der Waals surface area contributed by atoms with Crippen molar-refractivity contribution in [2.24, 2.45) is 17.3 Å². The van der Waals surface area contributed by atoms with E-state index in [4.69, 9.17) is 0 Å². The van der Waals surface area contributed by atoms with Crippen LogP contribution >= 0.6 is 0 Å². The fraction of sp³-hybridized carbons (Fsp3) is 1.00. The van der Waals surface area contributed by atoms with Crippen molar-refractivity contribution in [3.8, 4) is 0 Å². The minimum atomic E-state index is 0.618. The average molecular weight is 170 g/mol. The molecule has 0 heterocycles. The first kappa shape index (κ1) is 12.0. The molecule has 2 atom stereocenters. The monoisotopic (exact) mass is 170 g/mol. The number of rotatable bonds is 0. The SMILES string of the molecule is CC.CC1CCC(C)(C)C(C)C1. The van der Waals surface area contributed by atoms with E-state index in [1.165, 1.54) is 19.3 Å². The standard InChI is InChI=1S/C10H20.C2H6/c1-8-5-6-10(3,4)9(2)7-8;1-2/h8-9H,5-7H2,1-4H3;1-2H3. The van der Waals surface area contributed by atoms with Crippen LogP contribution in [0.3, 0.4) is 0 Å². The summed E-state index contributed by atoms with van der Waals surface area (Å²) in [5.74, 6) is 1.90. The highest BCUT2D eigenvalue weighted by Gasteiger charge is 2.31. The summed E-state index contributed by atoms with van der Waals surface area (Å²) < 4.78 is 0. The van der Waals surface area contributed by atoms with Gasteiger partial charge in [-0.25, -0.2) is 0 Å². The Balaban J connectivity index is 0.000000561. The van der Waals surface area contributed by atoms with Crippen LogP contribution in [-0.4, -0.2) is 0 Å². The van der Waals surface area contributed by atoms with E-state index < -0.39 is 0 Å². The summed E-state index contributed by atoms with van der Waals surface area (Å²) in [6, 6.07) is 0. The van der Waals surface area contributed by atoms with E-state index in [9.17, 15) is 0 Å². The molecule has 1 saturated carbocycles. The van der Waals surface area contributed by atoms with Crippen LogP contribution in [0.15, 0.2) is 0 Å². The lowest BCUT2D eigenvalue weighted by atomic mass is 9.67. The molecule has 0 saturated heterocycles. The lowest BCUT2D eigenvalue weighted by Gasteiger charge is -2.39. The van der Waals surface area contributed by atoms with Crippen LogP contribution in [0.4, 0.5) is 0 Å². The van der Waals surface area contributed by atoms with Crippen molar-refractivity contribution in [1.82, 2.24) is 0 Å². The first-order valence-electron chi connectivity index (χ1n) is 5.52. The highest BCUT2D eigenvalue weighted by molar-refractivity contribution is 4.82. The zero-order valence-electron chi connectivity index (χ0n) is 9.78. The highest BCUT2D eigenvalue weighted by atomic mass is 14.4. The minimum absolute atomic E-state index is 0.618. The van der Waals surface area contributed by atoms with Crippen molar-refractivity contribution in [2.75, 3.05) is 0 Å². The van der Waals surface area contributed by atoms with Gasteiger partial charge in [0.2, 0.25) is 0 Å². The molecule has 0 aromatic carbocycles. The van der Waals surface area contributed by atoms with Gasteiger partial charge in [-0.15, -0.1) is 0 Å². The van der Waals surface area contributed by atoms with E-state index >= 15 is 0 Å². The summed E-state index contributed by atoms with van der Waals surface area (Å²) in [6.45, 7) is 13.6. The summed E-state index contributed by atoms with van der Waals surface area (Å²) in [5, 5.41) is 0. The van der Waals surface area contributed by atoms with Gasteiger partial charge in [0.05, 0.1) is 0 Å². The molecule has 0 nitrogen and oxygen atoms in total. The van der Waals surface area contributed by atoms with E-state index in [0.29, 0.717) is 5.41 Å². The first-order valence-corrected chi connectivity index (χ1v) is 5.52. The minimum Gasteiger partial charge on any atom is -0.0683 e. The van der Waals surface area contributed by atoms with Crippen molar-refractivity contribution in [1.29, 1.82) is 0 Å². The Labute approximate surface area is 78.8 Å². The Hall–Kier alpha value is 0. The summed E-state index contributed by atoms with van der Waals surface area (Å²) in [6.07, 6.45) is 4.31. The zero-order valence-corrected chi connectivity index (χ0v) is 9.78. The molecule has 74 valence electrons. The third-order valence-electron chi connectivity index (χ3n) is 3.37. The first-order chi connectivity index (χ1) is 5.52. The molecular weight excluding hydrogens is 144 g/mol. The summed E-state index contributed by atoms with van der Waals surface area (Å²) in [4.78, 5) is 0. The molecular formula is C12H26. The molecule has 0 amide bonds. The van der Waals surface area contributed by atoms with E-state index in [-0.39, 0.29) is 0 Å². The van der Waals surface area contributed by atoms with Gasteiger partial charge < -0.3 is 0 Å². The molecule has 1 aliphatic rings. The van der Waals surface area contributed by atoms with Gasteiger partial charge in [-0.05, 0) is 30.1 Å². The fourth-order valence-electron chi connectivity index (χ4n) is 1.91. The third kappa shape index (κ3) is 3.16. The van der Waals surface area contributed by atoms with Gasteiger partial charge in [-0.2, -0.15) is 0 Å². The smallest absolute Gasteiger partial charge is 0.0328 e. The zero-order chi connectivity index (χ0) is 9.78. The Bertz CT molecular complexity index is 113. The van der Waals surface area contributed by atoms with Crippen molar-refractivity contribution < 1.29 is 0 Å². The van der Waals surface area contributed by atoms with Crippen molar-refractivity contribution >= 4 is 0 Å². The second kappa shape index (κ2) is 4.89. The normalized spacial score (nSPS) is 33.5. The van der Waals surface area contributed by atoms with Crippen LogP contribution in [0.5, 0.6) is 0 Å². The van der Waals surface area contributed by atoms with Gasteiger partial charge in [0.1, 0.15) is 0 Å². The highest BCUT2D eigenvalue weighted by Crippen LogP contribution is 2.42. The Morgan fingerprint density at radius 2 is 1.58 bits per heavy atom. The quantitative estimate of drug-likeness (QED) is 0.502. The third-order valence-corrected chi connectivity index (χ3v) is 3.37. The van der Waals surface area contributed by atoms with E-state index in [2.05, 4.69) is 27.7 Å².